The van der Waals surface area contributed by atoms with Crippen molar-refractivity contribution in [2.24, 2.45) is 5.73 Å². The molecular formula is C10H22ClN. The number of unbranched alkanes of at least 4 members (excludes halogenated alkanes) is 4. The Morgan fingerprint density at radius 2 is 1.67 bits per heavy atom. The molecule has 0 saturated carbocycles. The fourth-order valence-electron chi connectivity index (χ4n) is 1.20. The third kappa shape index (κ3) is 6.93. The van der Waals surface area contributed by atoms with Crippen LogP contribution in [-0.2, 0) is 0 Å². The topological polar surface area (TPSA) is 26.0 Å². The zero-order chi connectivity index (χ0) is 9.45. The first-order chi connectivity index (χ1) is 5.62. The van der Waals surface area contributed by atoms with Gasteiger partial charge in [-0.05, 0) is 12.8 Å². The van der Waals surface area contributed by atoms with Crippen molar-refractivity contribution >= 4 is 11.6 Å². The second kappa shape index (κ2) is 6.73. The van der Waals surface area contributed by atoms with Crippen LogP contribution in [0.5, 0.6) is 0 Å². The predicted octanol–water partition coefficient (Wildman–Crippen LogP) is 3.65. The lowest BCUT2D eigenvalue weighted by molar-refractivity contribution is 0.487. The minimum Gasteiger partial charge on any atom is -0.313 e. The Morgan fingerprint density at radius 1 is 1.08 bits per heavy atom. The normalized spacial score (nSPS) is 16.0. The van der Waals surface area contributed by atoms with E-state index in [-0.39, 0.29) is 0 Å². The van der Waals surface area contributed by atoms with Crippen molar-refractivity contribution < 1.29 is 0 Å². The summed E-state index contributed by atoms with van der Waals surface area (Å²) in [7, 11) is 0. The first-order valence-electron chi connectivity index (χ1n) is 5.10. The Labute approximate surface area is 81.7 Å². The lowest BCUT2D eigenvalue weighted by Crippen LogP contribution is -2.31. The zero-order valence-corrected chi connectivity index (χ0v) is 9.16. The monoisotopic (exact) mass is 191 g/mol. The molecule has 0 aliphatic heterocycles. The van der Waals surface area contributed by atoms with Crippen molar-refractivity contribution in [2.45, 2.75) is 63.8 Å². The number of nitrogens with two attached hydrogens (primary N) is 1. The van der Waals surface area contributed by atoms with Crippen LogP contribution in [0.25, 0.3) is 0 Å². The van der Waals surface area contributed by atoms with Crippen LogP contribution < -0.4 is 5.73 Å². The summed E-state index contributed by atoms with van der Waals surface area (Å²) >= 11 is 6.01. The third-order valence-corrected chi connectivity index (χ3v) is 2.74. The molecule has 0 aromatic carbocycles. The minimum absolute atomic E-state index is 0.438. The van der Waals surface area contributed by atoms with Gasteiger partial charge in [-0.25, -0.2) is 0 Å². The van der Waals surface area contributed by atoms with Crippen LogP contribution in [0.15, 0.2) is 0 Å². The molecule has 0 radical (unpaired) electrons. The molecule has 0 bridgehead atoms. The van der Waals surface area contributed by atoms with E-state index in [1.807, 2.05) is 6.92 Å². The van der Waals surface area contributed by atoms with E-state index in [0.29, 0.717) is 0 Å². The minimum atomic E-state index is -0.438. The van der Waals surface area contributed by atoms with Crippen molar-refractivity contribution in [3.05, 3.63) is 0 Å². The molecule has 1 atom stereocenters. The van der Waals surface area contributed by atoms with E-state index in [9.17, 15) is 0 Å². The molecule has 0 heterocycles. The van der Waals surface area contributed by atoms with Gasteiger partial charge in [0.1, 0.15) is 0 Å². The molecule has 0 saturated heterocycles. The fourth-order valence-corrected chi connectivity index (χ4v) is 1.33. The summed E-state index contributed by atoms with van der Waals surface area (Å²) in [6, 6.07) is 0. The second-order valence-corrected chi connectivity index (χ2v) is 4.31. The SMILES string of the molecule is CCCCCCCC(N)(Cl)CC. The number of rotatable bonds is 7. The van der Waals surface area contributed by atoms with Crippen molar-refractivity contribution in [2.75, 3.05) is 0 Å². The molecule has 0 fully saturated rings. The Hall–Kier alpha value is 0.250. The van der Waals surface area contributed by atoms with Gasteiger partial charge < -0.3 is 5.73 Å². The predicted molar refractivity (Wildman–Crippen MR) is 56.4 cm³/mol. The summed E-state index contributed by atoms with van der Waals surface area (Å²) < 4.78 is 0. The number of halogens is 1. The van der Waals surface area contributed by atoms with Gasteiger partial charge >= 0.3 is 0 Å². The van der Waals surface area contributed by atoms with Gasteiger partial charge in [0, 0.05) is 0 Å². The summed E-state index contributed by atoms with van der Waals surface area (Å²) in [5.41, 5.74) is 5.80. The highest BCUT2D eigenvalue weighted by Gasteiger charge is 2.16. The molecule has 0 aliphatic carbocycles. The van der Waals surface area contributed by atoms with E-state index in [1.54, 1.807) is 0 Å². The van der Waals surface area contributed by atoms with Gasteiger partial charge in [0.25, 0.3) is 0 Å². The number of alkyl halides is 1. The maximum Gasteiger partial charge on any atom is 0.0908 e. The highest BCUT2D eigenvalue weighted by Crippen LogP contribution is 2.20. The molecule has 0 aromatic heterocycles. The van der Waals surface area contributed by atoms with Gasteiger partial charge in [-0.2, -0.15) is 0 Å². The van der Waals surface area contributed by atoms with Gasteiger partial charge in [0.05, 0.1) is 5.00 Å². The summed E-state index contributed by atoms with van der Waals surface area (Å²) in [5, 5.41) is 0. The van der Waals surface area contributed by atoms with E-state index in [4.69, 9.17) is 17.3 Å². The average molecular weight is 192 g/mol. The second-order valence-electron chi connectivity index (χ2n) is 3.55. The molecule has 0 amide bonds. The van der Waals surface area contributed by atoms with Gasteiger partial charge in [0.2, 0.25) is 0 Å². The quantitative estimate of drug-likeness (QED) is 0.371. The molecule has 1 unspecified atom stereocenters. The van der Waals surface area contributed by atoms with Gasteiger partial charge in [0.15, 0.2) is 0 Å². The van der Waals surface area contributed by atoms with Crippen LogP contribution in [0.3, 0.4) is 0 Å². The smallest absolute Gasteiger partial charge is 0.0908 e. The average Bonchev–Trinajstić information content (AvgIpc) is 2.04. The number of hydrogen-bond donors (Lipinski definition) is 1. The third-order valence-electron chi connectivity index (χ3n) is 2.28. The Balaban J connectivity index is 3.19. The Kier molecular flexibility index (Phi) is 6.87. The van der Waals surface area contributed by atoms with Gasteiger partial charge in [-0.3, -0.25) is 0 Å². The first kappa shape index (κ1) is 12.2. The van der Waals surface area contributed by atoms with Crippen LogP contribution in [-0.4, -0.2) is 5.00 Å². The first-order valence-corrected chi connectivity index (χ1v) is 5.48. The highest BCUT2D eigenvalue weighted by atomic mass is 35.5. The molecule has 74 valence electrons. The molecule has 2 heteroatoms. The summed E-state index contributed by atoms with van der Waals surface area (Å²) in [6.45, 7) is 4.26. The lowest BCUT2D eigenvalue weighted by atomic mass is 10.1. The molecular weight excluding hydrogens is 170 g/mol. The van der Waals surface area contributed by atoms with Crippen LogP contribution in [0.1, 0.15) is 58.8 Å². The molecule has 0 rings (SSSR count). The van der Waals surface area contributed by atoms with E-state index in [2.05, 4.69) is 6.92 Å². The maximum atomic E-state index is 6.01. The van der Waals surface area contributed by atoms with E-state index < -0.39 is 5.00 Å². The fraction of sp³-hybridized carbons (Fsp3) is 1.00. The number of hydrogen-bond acceptors (Lipinski definition) is 1. The van der Waals surface area contributed by atoms with Crippen molar-refractivity contribution in [3.63, 3.8) is 0 Å². The highest BCUT2D eigenvalue weighted by molar-refractivity contribution is 6.23. The van der Waals surface area contributed by atoms with Gasteiger partial charge in [-0.15, -0.1) is 11.6 Å². The van der Waals surface area contributed by atoms with Crippen LogP contribution >= 0.6 is 11.6 Å². The van der Waals surface area contributed by atoms with Gasteiger partial charge in [-0.1, -0.05) is 46.0 Å². The van der Waals surface area contributed by atoms with Crippen molar-refractivity contribution in [1.29, 1.82) is 0 Å². The molecule has 12 heavy (non-hydrogen) atoms. The van der Waals surface area contributed by atoms with Crippen LogP contribution in [0.2, 0.25) is 0 Å². The van der Waals surface area contributed by atoms with Crippen molar-refractivity contribution in [3.8, 4) is 0 Å². The molecule has 1 nitrogen and oxygen atoms in total. The standard InChI is InChI=1S/C10H22ClN/c1-3-5-6-7-8-9-10(11,12)4-2/h3-9,12H2,1-2H3. The van der Waals surface area contributed by atoms with E-state index in [1.165, 1.54) is 32.1 Å². The van der Waals surface area contributed by atoms with E-state index >= 15 is 0 Å². The zero-order valence-electron chi connectivity index (χ0n) is 8.41. The molecule has 0 spiro atoms. The van der Waals surface area contributed by atoms with Crippen molar-refractivity contribution in [1.82, 2.24) is 0 Å². The lowest BCUT2D eigenvalue weighted by Gasteiger charge is -2.19. The summed E-state index contributed by atoms with van der Waals surface area (Å²) in [4.78, 5) is -0.438. The van der Waals surface area contributed by atoms with Crippen LogP contribution in [0, 0.1) is 0 Å². The molecule has 0 aliphatic rings. The van der Waals surface area contributed by atoms with Crippen LogP contribution in [0.4, 0.5) is 0 Å². The summed E-state index contributed by atoms with van der Waals surface area (Å²) in [6.07, 6.45) is 8.23. The molecule has 0 aromatic rings. The molecule has 2 N–H and O–H groups in total. The largest absolute Gasteiger partial charge is 0.313 e. The maximum absolute atomic E-state index is 6.01. The van der Waals surface area contributed by atoms with E-state index in [0.717, 1.165) is 12.8 Å². The Morgan fingerprint density at radius 3 is 2.17 bits per heavy atom. The summed E-state index contributed by atoms with van der Waals surface area (Å²) in [5.74, 6) is 0. The Bertz CT molecular complexity index is 102.